The largest absolute Gasteiger partial charge is 0.0622 e. The van der Waals surface area contributed by atoms with Gasteiger partial charge in [0.25, 0.3) is 0 Å². The Bertz CT molecular complexity index is 754. The first-order valence-electron chi connectivity index (χ1n) is 7.89. The molecule has 0 aliphatic carbocycles. The first kappa shape index (κ1) is 14.6. The number of hydrogen-bond donors (Lipinski definition) is 0. The summed E-state index contributed by atoms with van der Waals surface area (Å²) in [5, 5.41) is 0. The van der Waals surface area contributed by atoms with Gasteiger partial charge in [-0.3, -0.25) is 0 Å². The molecule has 0 nitrogen and oxygen atoms in total. The average molecular weight is 286 g/mol. The zero-order valence-electron chi connectivity index (χ0n) is 13.3. The lowest BCUT2D eigenvalue weighted by Gasteiger charge is -2.11. The quantitative estimate of drug-likeness (QED) is 0.595. The van der Waals surface area contributed by atoms with Gasteiger partial charge in [0.05, 0.1) is 0 Å². The van der Waals surface area contributed by atoms with Crippen molar-refractivity contribution in [3.63, 3.8) is 0 Å². The van der Waals surface area contributed by atoms with Crippen LogP contribution in [0.25, 0.3) is 0 Å². The summed E-state index contributed by atoms with van der Waals surface area (Å²) in [6.45, 7) is 4.40. The van der Waals surface area contributed by atoms with E-state index in [0.29, 0.717) is 0 Å². The molecule has 0 radical (unpaired) electrons. The van der Waals surface area contributed by atoms with Gasteiger partial charge in [-0.05, 0) is 60.1 Å². The third-order valence-electron chi connectivity index (χ3n) is 4.31. The van der Waals surface area contributed by atoms with E-state index >= 15 is 0 Å². The third kappa shape index (κ3) is 3.46. The van der Waals surface area contributed by atoms with Crippen LogP contribution in [0.3, 0.4) is 0 Å². The topological polar surface area (TPSA) is 0 Å². The summed E-state index contributed by atoms with van der Waals surface area (Å²) < 4.78 is 0. The van der Waals surface area contributed by atoms with Crippen LogP contribution in [0.1, 0.15) is 33.4 Å². The normalized spacial score (nSPS) is 10.6. The maximum atomic E-state index is 2.37. The van der Waals surface area contributed by atoms with Crippen LogP contribution < -0.4 is 0 Å². The number of hydrogen-bond acceptors (Lipinski definition) is 0. The minimum Gasteiger partial charge on any atom is -0.0622 e. The molecule has 0 N–H and O–H groups in total. The summed E-state index contributed by atoms with van der Waals surface area (Å²) in [6, 6.07) is 26.2. The molecule has 3 rings (SSSR count). The standard InChI is InChI=1S/C22H22/c1-17-8-6-7-11-21(17)16-22-15-20(13-12-18(22)2)14-19-9-4-3-5-10-19/h3-13,15H,14,16H2,1-2H3. The van der Waals surface area contributed by atoms with Crippen LogP contribution in [-0.4, -0.2) is 0 Å². The van der Waals surface area contributed by atoms with Gasteiger partial charge in [0.1, 0.15) is 0 Å². The number of benzene rings is 3. The Morgan fingerprint density at radius 2 is 1.23 bits per heavy atom. The fraction of sp³-hybridized carbons (Fsp3) is 0.182. The van der Waals surface area contributed by atoms with Gasteiger partial charge in [0, 0.05) is 0 Å². The van der Waals surface area contributed by atoms with Crippen LogP contribution >= 0.6 is 0 Å². The van der Waals surface area contributed by atoms with Gasteiger partial charge < -0.3 is 0 Å². The second-order valence-electron chi connectivity index (χ2n) is 6.03. The molecule has 0 bridgehead atoms. The van der Waals surface area contributed by atoms with Gasteiger partial charge in [-0.2, -0.15) is 0 Å². The molecule has 110 valence electrons. The van der Waals surface area contributed by atoms with Crippen molar-refractivity contribution in [3.05, 3.63) is 106 Å². The molecule has 0 aliphatic heterocycles. The molecule has 0 atom stereocenters. The molecule has 0 unspecified atom stereocenters. The van der Waals surface area contributed by atoms with E-state index < -0.39 is 0 Å². The van der Waals surface area contributed by atoms with Gasteiger partial charge in [-0.1, -0.05) is 72.8 Å². The highest BCUT2D eigenvalue weighted by Crippen LogP contribution is 2.20. The number of rotatable bonds is 4. The highest BCUT2D eigenvalue weighted by Gasteiger charge is 2.05. The van der Waals surface area contributed by atoms with E-state index in [4.69, 9.17) is 0 Å². The van der Waals surface area contributed by atoms with Crippen molar-refractivity contribution >= 4 is 0 Å². The maximum absolute atomic E-state index is 2.37. The fourth-order valence-electron chi connectivity index (χ4n) is 2.87. The lowest BCUT2D eigenvalue weighted by molar-refractivity contribution is 1.10. The minimum absolute atomic E-state index is 1.00. The van der Waals surface area contributed by atoms with Crippen LogP contribution in [0.5, 0.6) is 0 Å². The maximum Gasteiger partial charge on any atom is -0.00204 e. The van der Waals surface area contributed by atoms with Crippen molar-refractivity contribution < 1.29 is 0 Å². The van der Waals surface area contributed by atoms with Crippen molar-refractivity contribution in [1.29, 1.82) is 0 Å². The first-order valence-corrected chi connectivity index (χ1v) is 7.89. The molecule has 0 spiro atoms. The van der Waals surface area contributed by atoms with Crippen molar-refractivity contribution in [2.75, 3.05) is 0 Å². The Kier molecular flexibility index (Phi) is 4.39. The predicted octanol–water partition coefficient (Wildman–Crippen LogP) is 5.49. The summed E-state index contributed by atoms with van der Waals surface area (Å²) >= 11 is 0. The fourth-order valence-corrected chi connectivity index (χ4v) is 2.87. The molecule has 0 heterocycles. The highest BCUT2D eigenvalue weighted by atomic mass is 14.1. The van der Waals surface area contributed by atoms with E-state index in [1.807, 2.05) is 0 Å². The molecular weight excluding hydrogens is 264 g/mol. The molecule has 0 saturated heterocycles. The molecule has 22 heavy (non-hydrogen) atoms. The van der Waals surface area contributed by atoms with Gasteiger partial charge >= 0.3 is 0 Å². The van der Waals surface area contributed by atoms with Crippen LogP contribution in [0.2, 0.25) is 0 Å². The van der Waals surface area contributed by atoms with Gasteiger partial charge in [-0.25, -0.2) is 0 Å². The van der Waals surface area contributed by atoms with Crippen molar-refractivity contribution in [2.24, 2.45) is 0 Å². The predicted molar refractivity (Wildman–Crippen MR) is 94.4 cm³/mol. The third-order valence-corrected chi connectivity index (χ3v) is 4.31. The molecule has 3 aromatic carbocycles. The SMILES string of the molecule is Cc1ccccc1Cc1cc(Cc2ccccc2)ccc1C. The zero-order chi connectivity index (χ0) is 15.4. The van der Waals surface area contributed by atoms with Crippen LogP contribution in [-0.2, 0) is 12.8 Å². The summed E-state index contributed by atoms with van der Waals surface area (Å²) in [7, 11) is 0. The smallest absolute Gasteiger partial charge is 0.00204 e. The Morgan fingerprint density at radius 1 is 0.545 bits per heavy atom. The van der Waals surface area contributed by atoms with E-state index in [-0.39, 0.29) is 0 Å². The van der Waals surface area contributed by atoms with Crippen LogP contribution in [0.4, 0.5) is 0 Å². The van der Waals surface area contributed by atoms with E-state index in [2.05, 4.69) is 86.6 Å². The second kappa shape index (κ2) is 6.62. The Morgan fingerprint density at radius 3 is 2.00 bits per heavy atom. The van der Waals surface area contributed by atoms with Gasteiger partial charge in [-0.15, -0.1) is 0 Å². The Hall–Kier alpha value is -2.34. The first-order chi connectivity index (χ1) is 10.7. The van der Waals surface area contributed by atoms with Crippen molar-refractivity contribution in [3.8, 4) is 0 Å². The molecule has 3 aromatic rings. The van der Waals surface area contributed by atoms with Crippen LogP contribution in [0.15, 0.2) is 72.8 Å². The summed E-state index contributed by atoms with van der Waals surface area (Å²) in [5.74, 6) is 0. The van der Waals surface area contributed by atoms with Gasteiger partial charge in [0.15, 0.2) is 0 Å². The summed E-state index contributed by atoms with van der Waals surface area (Å²) in [5.41, 5.74) is 8.36. The minimum atomic E-state index is 1.00. The Balaban J connectivity index is 1.86. The molecule has 0 aliphatic rings. The van der Waals surface area contributed by atoms with E-state index in [1.54, 1.807) is 0 Å². The molecular formula is C22H22. The summed E-state index contributed by atoms with van der Waals surface area (Å²) in [4.78, 5) is 0. The van der Waals surface area contributed by atoms with E-state index in [0.717, 1.165) is 12.8 Å². The molecule has 0 saturated carbocycles. The molecule has 0 amide bonds. The van der Waals surface area contributed by atoms with Gasteiger partial charge in [0.2, 0.25) is 0 Å². The van der Waals surface area contributed by atoms with Crippen LogP contribution in [0, 0.1) is 13.8 Å². The average Bonchev–Trinajstić information content (AvgIpc) is 2.54. The lowest BCUT2D eigenvalue weighted by atomic mass is 9.94. The number of aryl methyl sites for hydroxylation is 2. The monoisotopic (exact) mass is 286 g/mol. The molecule has 0 heteroatoms. The van der Waals surface area contributed by atoms with E-state index in [1.165, 1.54) is 33.4 Å². The van der Waals surface area contributed by atoms with Crippen molar-refractivity contribution in [2.45, 2.75) is 26.7 Å². The van der Waals surface area contributed by atoms with E-state index in [9.17, 15) is 0 Å². The summed E-state index contributed by atoms with van der Waals surface area (Å²) in [6.07, 6.45) is 2.02. The Labute approximate surface area is 133 Å². The lowest BCUT2D eigenvalue weighted by Crippen LogP contribution is -1.97. The van der Waals surface area contributed by atoms with Crippen molar-refractivity contribution in [1.82, 2.24) is 0 Å². The highest BCUT2D eigenvalue weighted by molar-refractivity contribution is 5.39. The molecule has 0 fully saturated rings. The zero-order valence-corrected chi connectivity index (χ0v) is 13.3. The second-order valence-corrected chi connectivity index (χ2v) is 6.03. The molecule has 0 aromatic heterocycles.